The molecule has 1 aliphatic carbocycles. The largest absolute Gasteiger partial charge is 0.448 e. The van der Waals surface area contributed by atoms with Crippen molar-refractivity contribution in [3.63, 3.8) is 0 Å². The van der Waals surface area contributed by atoms with E-state index in [1.54, 1.807) is 11.8 Å². The zero-order valence-corrected chi connectivity index (χ0v) is 16.1. The Balaban J connectivity index is 1.74. The van der Waals surface area contributed by atoms with E-state index in [0.717, 1.165) is 32.1 Å². The van der Waals surface area contributed by atoms with E-state index in [9.17, 15) is 9.90 Å². The second kappa shape index (κ2) is 6.40. The van der Waals surface area contributed by atoms with Crippen molar-refractivity contribution in [1.82, 2.24) is 14.8 Å². The van der Waals surface area contributed by atoms with Gasteiger partial charge in [-0.25, -0.2) is 4.98 Å². The molecular formula is C19H31N3O3. The Bertz CT molecular complexity index is 642. The van der Waals surface area contributed by atoms with Crippen LogP contribution in [0.1, 0.15) is 62.3 Å². The van der Waals surface area contributed by atoms with Crippen molar-refractivity contribution < 1.29 is 14.3 Å². The number of hydrogen-bond acceptors (Lipinski definition) is 5. The number of likely N-dealkylation sites (tertiary alicyclic amines) is 1. The van der Waals surface area contributed by atoms with E-state index < -0.39 is 5.60 Å². The quantitative estimate of drug-likeness (QED) is 0.908. The first-order valence-electron chi connectivity index (χ1n) is 9.27. The first kappa shape index (κ1) is 18.4. The Labute approximate surface area is 150 Å². The molecule has 3 rings (SSSR count). The third-order valence-electron chi connectivity index (χ3n) is 6.75. The minimum atomic E-state index is -0.664. The molecule has 25 heavy (non-hydrogen) atoms. The van der Waals surface area contributed by atoms with Gasteiger partial charge in [-0.2, -0.15) is 0 Å². The summed E-state index contributed by atoms with van der Waals surface area (Å²) in [4.78, 5) is 20.8. The minimum absolute atomic E-state index is 0.116. The number of aromatic nitrogens is 1. The van der Waals surface area contributed by atoms with Crippen molar-refractivity contribution >= 4 is 5.91 Å². The maximum atomic E-state index is 12.6. The van der Waals surface area contributed by atoms with Gasteiger partial charge < -0.3 is 14.4 Å². The van der Waals surface area contributed by atoms with Crippen molar-refractivity contribution in [1.29, 1.82) is 0 Å². The second-order valence-electron chi connectivity index (χ2n) is 8.41. The number of hydrogen-bond donors (Lipinski definition) is 1. The summed E-state index contributed by atoms with van der Waals surface area (Å²) in [7, 11) is 3.95. The van der Waals surface area contributed by atoms with Gasteiger partial charge in [0.2, 0.25) is 0 Å². The molecule has 1 aliphatic heterocycles. The molecule has 0 radical (unpaired) electrons. The van der Waals surface area contributed by atoms with Crippen molar-refractivity contribution in [3.8, 4) is 0 Å². The molecule has 0 bridgehead atoms. The van der Waals surface area contributed by atoms with Crippen LogP contribution in [0.4, 0.5) is 0 Å². The smallest absolute Gasteiger partial charge is 0.275 e. The normalized spacial score (nSPS) is 36.1. The lowest BCUT2D eigenvalue weighted by Crippen LogP contribution is -2.50. The van der Waals surface area contributed by atoms with Gasteiger partial charge in [-0.05, 0) is 33.2 Å². The molecule has 0 spiro atoms. The van der Waals surface area contributed by atoms with Gasteiger partial charge in [0.05, 0.1) is 5.60 Å². The fraction of sp³-hybridized carbons (Fsp3) is 0.789. The van der Waals surface area contributed by atoms with Crippen LogP contribution in [0.15, 0.2) is 10.7 Å². The second-order valence-corrected chi connectivity index (χ2v) is 8.41. The number of likely N-dealkylation sites (N-methyl/N-ethyl adjacent to an activating group) is 2. The van der Waals surface area contributed by atoms with Crippen LogP contribution >= 0.6 is 0 Å². The van der Waals surface area contributed by atoms with Crippen molar-refractivity contribution in [2.45, 2.75) is 70.6 Å². The molecule has 2 heterocycles. The highest BCUT2D eigenvalue weighted by Gasteiger charge is 2.57. The zero-order chi connectivity index (χ0) is 18.4. The Morgan fingerprint density at radius 3 is 2.84 bits per heavy atom. The molecule has 2 fully saturated rings. The summed E-state index contributed by atoms with van der Waals surface area (Å²) in [5.74, 6) is 0.384. The van der Waals surface area contributed by atoms with Gasteiger partial charge in [0.25, 0.3) is 5.91 Å². The van der Waals surface area contributed by atoms with Gasteiger partial charge in [-0.15, -0.1) is 0 Å². The lowest BCUT2D eigenvalue weighted by molar-refractivity contribution is -0.0754. The maximum Gasteiger partial charge on any atom is 0.275 e. The number of nitrogens with zero attached hydrogens (tertiary/aromatic N) is 3. The van der Waals surface area contributed by atoms with Crippen LogP contribution in [0.3, 0.4) is 0 Å². The Morgan fingerprint density at radius 1 is 1.48 bits per heavy atom. The number of oxazole rings is 1. The monoisotopic (exact) mass is 349 g/mol. The van der Waals surface area contributed by atoms with Crippen LogP contribution in [-0.4, -0.2) is 64.1 Å². The number of carbonyl (C=O) groups is 1. The lowest BCUT2D eigenvalue weighted by Gasteiger charge is -2.43. The highest BCUT2D eigenvalue weighted by Crippen LogP contribution is 2.52. The zero-order valence-electron chi connectivity index (χ0n) is 16.1. The van der Waals surface area contributed by atoms with Crippen molar-refractivity contribution in [2.75, 3.05) is 20.6 Å². The molecule has 2 aliphatic rings. The third kappa shape index (κ3) is 3.10. The first-order valence-corrected chi connectivity index (χ1v) is 9.27. The fourth-order valence-electron chi connectivity index (χ4n) is 4.92. The predicted octanol–water partition coefficient (Wildman–Crippen LogP) is 2.46. The van der Waals surface area contributed by atoms with Crippen molar-refractivity contribution in [3.05, 3.63) is 17.8 Å². The molecule has 6 heteroatoms. The van der Waals surface area contributed by atoms with Crippen LogP contribution in [-0.2, 0) is 0 Å². The molecule has 0 aromatic carbocycles. The summed E-state index contributed by atoms with van der Waals surface area (Å²) in [5, 5.41) is 11.1. The average molecular weight is 349 g/mol. The molecule has 1 N–H and O–H groups in total. The average Bonchev–Trinajstić information content (AvgIpc) is 3.04. The Morgan fingerprint density at radius 2 is 2.20 bits per heavy atom. The summed E-state index contributed by atoms with van der Waals surface area (Å²) in [6, 6.07) is 0.592. The molecular weight excluding hydrogens is 318 g/mol. The molecule has 1 aromatic heterocycles. The van der Waals surface area contributed by atoms with Gasteiger partial charge in [0.1, 0.15) is 6.26 Å². The van der Waals surface area contributed by atoms with Crippen LogP contribution < -0.4 is 0 Å². The van der Waals surface area contributed by atoms with Crippen molar-refractivity contribution in [2.24, 2.45) is 5.41 Å². The van der Waals surface area contributed by atoms with E-state index in [2.05, 4.69) is 23.9 Å². The number of aryl methyl sites for hydroxylation is 1. The SMILES string of the molecule is Cc1nc(C(=O)N(C)C[C@H]2C[C@]3(C)[C@@H](CCCC[C@]3(C)O)N2C)co1. The maximum absolute atomic E-state index is 12.6. The van der Waals surface area contributed by atoms with Crippen LogP contribution in [0.25, 0.3) is 0 Å². The fourth-order valence-corrected chi connectivity index (χ4v) is 4.92. The summed E-state index contributed by atoms with van der Waals surface area (Å²) in [6.07, 6.45) is 6.52. The van der Waals surface area contributed by atoms with Crippen LogP contribution in [0.2, 0.25) is 0 Å². The first-order chi connectivity index (χ1) is 11.7. The molecule has 1 amide bonds. The van der Waals surface area contributed by atoms with E-state index in [-0.39, 0.29) is 17.4 Å². The van der Waals surface area contributed by atoms with Gasteiger partial charge >= 0.3 is 0 Å². The number of fused-ring (bicyclic) bond motifs is 1. The molecule has 140 valence electrons. The van der Waals surface area contributed by atoms with Gasteiger partial charge in [-0.1, -0.05) is 19.8 Å². The van der Waals surface area contributed by atoms with E-state index in [1.165, 1.54) is 6.26 Å². The van der Waals surface area contributed by atoms with E-state index in [0.29, 0.717) is 24.2 Å². The number of aliphatic hydroxyl groups is 1. The van der Waals surface area contributed by atoms with E-state index in [1.807, 2.05) is 14.0 Å². The van der Waals surface area contributed by atoms with Gasteiger partial charge in [-0.3, -0.25) is 9.69 Å². The standard InChI is InChI=1S/C19H31N3O3/c1-13-20-15(12-25-13)17(23)21(4)11-14-10-18(2)16(22(14)5)8-6-7-9-19(18,3)24/h12,14,16,24H,6-11H2,1-5H3/t14-,16-,18-,19+/m1/s1. The molecule has 4 atom stereocenters. The highest BCUT2D eigenvalue weighted by atomic mass is 16.3. The Hall–Kier alpha value is -1.40. The van der Waals surface area contributed by atoms with Gasteiger partial charge in [0.15, 0.2) is 11.6 Å². The molecule has 6 nitrogen and oxygen atoms in total. The number of rotatable bonds is 3. The summed E-state index contributed by atoms with van der Waals surface area (Å²) < 4.78 is 5.16. The molecule has 0 unspecified atom stereocenters. The topological polar surface area (TPSA) is 69.8 Å². The molecule has 1 aromatic rings. The van der Waals surface area contributed by atoms with Crippen LogP contribution in [0, 0.1) is 12.3 Å². The number of amides is 1. The lowest BCUT2D eigenvalue weighted by atomic mass is 9.67. The molecule has 1 saturated heterocycles. The third-order valence-corrected chi connectivity index (χ3v) is 6.75. The minimum Gasteiger partial charge on any atom is -0.448 e. The van der Waals surface area contributed by atoms with Crippen LogP contribution in [0.5, 0.6) is 0 Å². The Kier molecular flexibility index (Phi) is 4.71. The summed E-state index contributed by atoms with van der Waals surface area (Å²) in [6.45, 7) is 6.58. The molecule has 1 saturated carbocycles. The van der Waals surface area contributed by atoms with Gasteiger partial charge in [0, 0.05) is 38.0 Å². The van der Waals surface area contributed by atoms with E-state index in [4.69, 9.17) is 4.42 Å². The number of carbonyl (C=O) groups excluding carboxylic acids is 1. The predicted molar refractivity (Wildman–Crippen MR) is 95.4 cm³/mol. The highest BCUT2D eigenvalue weighted by molar-refractivity contribution is 5.91. The van der Waals surface area contributed by atoms with E-state index >= 15 is 0 Å². The summed E-state index contributed by atoms with van der Waals surface area (Å²) in [5.41, 5.74) is -0.451. The summed E-state index contributed by atoms with van der Waals surface area (Å²) >= 11 is 0.